The molecule has 3 aromatic heterocycles. The highest BCUT2D eigenvalue weighted by Gasteiger charge is 2.34. The van der Waals surface area contributed by atoms with Gasteiger partial charge in [-0.2, -0.15) is 18.3 Å². The lowest BCUT2D eigenvalue weighted by atomic mass is 10.2. The number of halogens is 3. The van der Waals surface area contributed by atoms with E-state index >= 15 is 0 Å². The van der Waals surface area contributed by atoms with Gasteiger partial charge in [0.2, 0.25) is 5.88 Å². The molecule has 3 rings (SSSR count). The highest BCUT2D eigenvalue weighted by molar-refractivity contribution is 5.53. The average Bonchev–Trinajstić information content (AvgIpc) is 3.00. The van der Waals surface area contributed by atoms with Crippen LogP contribution in [0.3, 0.4) is 0 Å². The van der Waals surface area contributed by atoms with Gasteiger partial charge in [-0.15, -0.1) is 0 Å². The quantitative estimate of drug-likeness (QED) is 0.692. The maximum Gasteiger partial charge on any atom is 0.433 e. The molecule has 0 aliphatic heterocycles. The Labute approximate surface area is 159 Å². The SMILES string of the molecule is CCc1nn(C)c(OC)c1CNc1cc(C(F)(F)F)nc(-c2ccccn2)n1. The van der Waals surface area contributed by atoms with E-state index in [1.807, 2.05) is 6.92 Å². The number of nitrogens with one attached hydrogen (secondary N) is 1. The Morgan fingerprint density at radius 1 is 1.21 bits per heavy atom. The Bertz CT molecular complexity index is 956. The summed E-state index contributed by atoms with van der Waals surface area (Å²) in [6.45, 7) is 2.15. The van der Waals surface area contributed by atoms with Crippen LogP contribution in [0.1, 0.15) is 23.9 Å². The summed E-state index contributed by atoms with van der Waals surface area (Å²) in [7, 11) is 3.26. The van der Waals surface area contributed by atoms with Gasteiger partial charge in [-0.1, -0.05) is 13.0 Å². The largest absolute Gasteiger partial charge is 0.481 e. The van der Waals surface area contributed by atoms with Gasteiger partial charge in [0.15, 0.2) is 11.5 Å². The molecule has 1 N–H and O–H groups in total. The summed E-state index contributed by atoms with van der Waals surface area (Å²) in [6, 6.07) is 5.75. The van der Waals surface area contributed by atoms with Gasteiger partial charge in [0, 0.05) is 25.9 Å². The number of nitrogens with zero attached hydrogens (tertiary/aromatic N) is 5. The number of alkyl halides is 3. The van der Waals surface area contributed by atoms with Gasteiger partial charge in [-0.05, 0) is 18.6 Å². The summed E-state index contributed by atoms with van der Waals surface area (Å²) < 4.78 is 46.8. The van der Waals surface area contributed by atoms with Crippen molar-refractivity contribution in [2.24, 2.45) is 7.05 Å². The van der Waals surface area contributed by atoms with E-state index in [4.69, 9.17) is 4.74 Å². The summed E-state index contributed by atoms with van der Waals surface area (Å²) in [4.78, 5) is 11.9. The smallest absolute Gasteiger partial charge is 0.433 e. The van der Waals surface area contributed by atoms with Crippen LogP contribution in [0.4, 0.5) is 19.0 Å². The van der Waals surface area contributed by atoms with E-state index in [0.29, 0.717) is 12.3 Å². The van der Waals surface area contributed by atoms with Gasteiger partial charge in [-0.25, -0.2) is 14.6 Å². The lowest BCUT2D eigenvalue weighted by Crippen LogP contribution is -2.12. The summed E-state index contributed by atoms with van der Waals surface area (Å²) in [6.07, 6.45) is -2.48. The van der Waals surface area contributed by atoms with Crippen LogP contribution in [0.15, 0.2) is 30.5 Å². The van der Waals surface area contributed by atoms with E-state index in [1.54, 1.807) is 29.9 Å². The van der Waals surface area contributed by atoms with Crippen molar-refractivity contribution in [2.75, 3.05) is 12.4 Å². The van der Waals surface area contributed by atoms with E-state index in [0.717, 1.165) is 17.3 Å². The molecule has 3 aromatic rings. The number of anilines is 1. The van der Waals surface area contributed by atoms with Crippen LogP contribution in [0.2, 0.25) is 0 Å². The minimum atomic E-state index is -4.61. The Morgan fingerprint density at radius 2 is 2.00 bits per heavy atom. The standard InChI is InChI=1S/C18H19F3N6O/c1-4-12-11(17(28-3)27(2)26-12)10-23-15-9-14(18(19,20)21)24-16(25-15)13-7-5-6-8-22-13/h5-9H,4,10H2,1-3H3,(H,23,24,25). The number of hydrogen-bond acceptors (Lipinski definition) is 6. The maximum atomic E-state index is 13.3. The molecule has 0 radical (unpaired) electrons. The van der Waals surface area contributed by atoms with Gasteiger partial charge in [0.05, 0.1) is 18.4 Å². The molecule has 28 heavy (non-hydrogen) atoms. The topological polar surface area (TPSA) is 77.8 Å². The number of pyridine rings is 1. The van der Waals surface area contributed by atoms with E-state index in [1.165, 1.54) is 13.3 Å². The third-order valence-corrected chi connectivity index (χ3v) is 4.06. The van der Waals surface area contributed by atoms with Crippen LogP contribution in [-0.4, -0.2) is 31.8 Å². The molecule has 0 saturated heterocycles. The molecule has 0 atom stereocenters. The first kappa shape index (κ1) is 19.6. The highest BCUT2D eigenvalue weighted by Crippen LogP contribution is 2.31. The zero-order chi connectivity index (χ0) is 20.3. The summed E-state index contributed by atoms with van der Waals surface area (Å²) in [5.74, 6) is 0.474. The molecule has 0 aliphatic carbocycles. The number of ether oxygens (including phenoxy) is 1. The van der Waals surface area contributed by atoms with E-state index in [2.05, 4.69) is 25.4 Å². The fourth-order valence-electron chi connectivity index (χ4n) is 2.79. The molecule has 0 aromatic carbocycles. The molecule has 0 aliphatic rings. The van der Waals surface area contributed by atoms with Gasteiger partial charge >= 0.3 is 6.18 Å². The molecule has 0 saturated carbocycles. The van der Waals surface area contributed by atoms with Gasteiger partial charge < -0.3 is 10.1 Å². The molecule has 0 bridgehead atoms. The Hall–Kier alpha value is -3.17. The predicted molar refractivity (Wildman–Crippen MR) is 96.7 cm³/mol. The van der Waals surface area contributed by atoms with Crippen molar-refractivity contribution in [3.05, 3.63) is 47.4 Å². The van der Waals surface area contributed by atoms with Crippen LogP contribution in [0.25, 0.3) is 11.5 Å². The van der Waals surface area contributed by atoms with Crippen molar-refractivity contribution in [1.29, 1.82) is 0 Å². The summed E-state index contributed by atoms with van der Waals surface area (Å²) in [5.41, 5.74) is 0.769. The van der Waals surface area contributed by atoms with Gasteiger partial charge in [0.1, 0.15) is 11.5 Å². The third-order valence-electron chi connectivity index (χ3n) is 4.06. The van der Waals surface area contributed by atoms with Crippen LogP contribution in [-0.2, 0) is 26.2 Å². The van der Waals surface area contributed by atoms with E-state index in [-0.39, 0.29) is 23.9 Å². The van der Waals surface area contributed by atoms with Crippen molar-refractivity contribution < 1.29 is 17.9 Å². The average molecular weight is 392 g/mol. The molecule has 7 nitrogen and oxygen atoms in total. The molecule has 3 heterocycles. The normalized spacial score (nSPS) is 11.5. The first-order valence-electron chi connectivity index (χ1n) is 8.53. The van der Waals surface area contributed by atoms with Crippen molar-refractivity contribution >= 4 is 5.82 Å². The van der Waals surface area contributed by atoms with Crippen molar-refractivity contribution in [2.45, 2.75) is 26.1 Å². The number of hydrogen-bond donors (Lipinski definition) is 1. The third kappa shape index (κ3) is 4.05. The van der Waals surface area contributed by atoms with Crippen molar-refractivity contribution in [1.82, 2.24) is 24.7 Å². The number of methoxy groups -OCH3 is 1. The van der Waals surface area contributed by atoms with Crippen LogP contribution >= 0.6 is 0 Å². The number of rotatable bonds is 6. The lowest BCUT2D eigenvalue weighted by Gasteiger charge is -2.12. The monoisotopic (exact) mass is 392 g/mol. The fourth-order valence-corrected chi connectivity index (χ4v) is 2.79. The van der Waals surface area contributed by atoms with Crippen molar-refractivity contribution in [3.63, 3.8) is 0 Å². The molecular formula is C18H19F3N6O. The Kier molecular flexibility index (Phi) is 5.48. The molecule has 0 fully saturated rings. The molecule has 148 valence electrons. The zero-order valence-corrected chi connectivity index (χ0v) is 15.6. The number of aromatic nitrogens is 5. The first-order valence-corrected chi connectivity index (χ1v) is 8.53. The zero-order valence-electron chi connectivity index (χ0n) is 15.6. The summed E-state index contributed by atoms with van der Waals surface area (Å²) in [5, 5.41) is 7.30. The number of aryl methyl sites for hydroxylation is 2. The molecule has 0 unspecified atom stereocenters. The minimum Gasteiger partial charge on any atom is -0.481 e. The first-order chi connectivity index (χ1) is 13.3. The van der Waals surface area contributed by atoms with Crippen molar-refractivity contribution in [3.8, 4) is 17.4 Å². The lowest BCUT2D eigenvalue weighted by molar-refractivity contribution is -0.141. The fraction of sp³-hybridized carbons (Fsp3) is 0.333. The molecule has 10 heteroatoms. The minimum absolute atomic E-state index is 0.0379. The van der Waals surface area contributed by atoms with E-state index < -0.39 is 11.9 Å². The van der Waals surface area contributed by atoms with E-state index in [9.17, 15) is 13.2 Å². The molecule has 0 amide bonds. The van der Waals surface area contributed by atoms with Gasteiger partial charge in [0.25, 0.3) is 0 Å². The molecule has 0 spiro atoms. The van der Waals surface area contributed by atoms with Crippen LogP contribution < -0.4 is 10.1 Å². The second kappa shape index (κ2) is 7.83. The molecular weight excluding hydrogens is 373 g/mol. The highest BCUT2D eigenvalue weighted by atomic mass is 19.4. The van der Waals surface area contributed by atoms with Gasteiger partial charge in [-0.3, -0.25) is 4.98 Å². The Balaban J connectivity index is 1.96. The van der Waals surface area contributed by atoms with Crippen LogP contribution in [0.5, 0.6) is 5.88 Å². The van der Waals surface area contributed by atoms with Crippen LogP contribution in [0, 0.1) is 0 Å². The second-order valence-electron chi connectivity index (χ2n) is 5.94. The Morgan fingerprint density at radius 3 is 2.61 bits per heavy atom. The maximum absolute atomic E-state index is 13.3. The second-order valence-corrected chi connectivity index (χ2v) is 5.94. The summed E-state index contributed by atoms with van der Waals surface area (Å²) >= 11 is 0. The predicted octanol–water partition coefficient (Wildman–Crippen LogP) is 3.47.